The van der Waals surface area contributed by atoms with E-state index in [0.29, 0.717) is 25.7 Å². The van der Waals surface area contributed by atoms with E-state index >= 15 is 0 Å². The fourth-order valence-corrected chi connectivity index (χ4v) is 2.74. The van der Waals surface area contributed by atoms with Crippen LogP contribution < -0.4 is 15.4 Å². The number of rotatable bonds is 6. The molecule has 0 amide bonds. The Hall–Kier alpha value is -3.09. The van der Waals surface area contributed by atoms with Crippen LogP contribution in [0, 0.1) is 13.8 Å². The third-order valence-electron chi connectivity index (χ3n) is 4.07. The number of nitrogens with one attached hydrogen (secondary N) is 2. The van der Waals surface area contributed by atoms with E-state index in [1.807, 2.05) is 34.9 Å². The minimum absolute atomic E-state index is 0.530. The van der Waals surface area contributed by atoms with E-state index in [4.69, 9.17) is 4.74 Å². The van der Waals surface area contributed by atoms with E-state index in [-0.39, 0.29) is 0 Å². The molecular weight excluding hydrogens is 328 g/mol. The standard InChI is InChI=1S/C19H24N6O/c1-14-7-6-8-15(2)18(14)26-12-10-21-19(20-3)22-13-17-24-23-16-9-4-5-11-25(16)17/h4-9,11H,10,12-13H2,1-3H3,(H2,20,21,22). The van der Waals surface area contributed by atoms with Crippen molar-refractivity contribution in [1.29, 1.82) is 0 Å². The van der Waals surface area contributed by atoms with Gasteiger partial charge < -0.3 is 15.4 Å². The summed E-state index contributed by atoms with van der Waals surface area (Å²) in [5, 5.41) is 14.8. The van der Waals surface area contributed by atoms with E-state index in [9.17, 15) is 0 Å². The number of nitrogens with zero attached hydrogens (tertiary/aromatic N) is 4. The number of guanidine groups is 1. The molecule has 0 spiro atoms. The summed E-state index contributed by atoms with van der Waals surface area (Å²) in [6, 6.07) is 12.0. The molecule has 0 unspecified atom stereocenters. The molecular formula is C19H24N6O. The number of hydrogen-bond donors (Lipinski definition) is 2. The van der Waals surface area contributed by atoms with Crippen LogP contribution in [0.3, 0.4) is 0 Å². The van der Waals surface area contributed by atoms with Gasteiger partial charge in [-0.2, -0.15) is 0 Å². The molecule has 3 rings (SSSR count). The van der Waals surface area contributed by atoms with E-state index in [2.05, 4.69) is 51.8 Å². The van der Waals surface area contributed by atoms with E-state index in [0.717, 1.165) is 28.3 Å². The fraction of sp³-hybridized carbons (Fsp3) is 0.316. The second-order valence-electron chi connectivity index (χ2n) is 5.97. The molecule has 0 aliphatic carbocycles. The Kier molecular flexibility index (Phi) is 5.68. The van der Waals surface area contributed by atoms with Crippen LogP contribution in [0.2, 0.25) is 0 Å². The molecule has 136 valence electrons. The smallest absolute Gasteiger partial charge is 0.191 e. The quantitative estimate of drug-likeness (QED) is 0.404. The van der Waals surface area contributed by atoms with Crippen LogP contribution in [0.25, 0.3) is 5.65 Å². The zero-order valence-corrected chi connectivity index (χ0v) is 15.4. The van der Waals surface area contributed by atoms with Crippen LogP contribution in [0.1, 0.15) is 17.0 Å². The normalized spacial score (nSPS) is 11.6. The molecule has 0 fully saturated rings. The maximum absolute atomic E-state index is 5.90. The van der Waals surface area contributed by atoms with E-state index in [1.54, 1.807) is 7.05 Å². The molecule has 1 aromatic carbocycles. The van der Waals surface area contributed by atoms with Crippen LogP contribution in [-0.4, -0.2) is 40.8 Å². The number of para-hydroxylation sites is 1. The van der Waals surface area contributed by atoms with Crippen molar-refractivity contribution in [2.45, 2.75) is 20.4 Å². The number of aliphatic imine (C=N–C) groups is 1. The van der Waals surface area contributed by atoms with Gasteiger partial charge in [-0.3, -0.25) is 9.39 Å². The van der Waals surface area contributed by atoms with Crippen molar-refractivity contribution in [3.63, 3.8) is 0 Å². The highest BCUT2D eigenvalue weighted by atomic mass is 16.5. The summed E-state index contributed by atoms with van der Waals surface area (Å²) in [5.74, 6) is 2.48. The maximum Gasteiger partial charge on any atom is 0.191 e. The summed E-state index contributed by atoms with van der Waals surface area (Å²) in [4.78, 5) is 4.23. The third kappa shape index (κ3) is 4.11. The Labute approximate surface area is 153 Å². The van der Waals surface area contributed by atoms with Crippen molar-refractivity contribution < 1.29 is 4.74 Å². The van der Waals surface area contributed by atoms with Gasteiger partial charge in [-0.05, 0) is 37.1 Å². The number of ether oxygens (including phenoxy) is 1. The van der Waals surface area contributed by atoms with Crippen molar-refractivity contribution in [2.24, 2.45) is 4.99 Å². The molecule has 3 aromatic rings. The first-order valence-corrected chi connectivity index (χ1v) is 8.61. The van der Waals surface area contributed by atoms with Crippen LogP contribution in [0.4, 0.5) is 0 Å². The predicted molar refractivity (Wildman–Crippen MR) is 103 cm³/mol. The lowest BCUT2D eigenvalue weighted by Gasteiger charge is -2.14. The van der Waals surface area contributed by atoms with Crippen LogP contribution in [0.5, 0.6) is 5.75 Å². The Morgan fingerprint density at radius 2 is 1.88 bits per heavy atom. The average molecular weight is 352 g/mol. The molecule has 2 heterocycles. The summed E-state index contributed by atoms with van der Waals surface area (Å²) in [6.45, 7) is 5.84. The molecule has 7 heteroatoms. The molecule has 0 saturated carbocycles. The second-order valence-corrected chi connectivity index (χ2v) is 5.97. The highest BCUT2D eigenvalue weighted by molar-refractivity contribution is 5.79. The van der Waals surface area contributed by atoms with Gasteiger partial charge in [-0.1, -0.05) is 24.3 Å². The molecule has 7 nitrogen and oxygen atoms in total. The van der Waals surface area contributed by atoms with E-state index < -0.39 is 0 Å². The van der Waals surface area contributed by atoms with Crippen LogP contribution in [0.15, 0.2) is 47.6 Å². The second kappa shape index (κ2) is 8.33. The highest BCUT2D eigenvalue weighted by Crippen LogP contribution is 2.21. The molecule has 2 aromatic heterocycles. The van der Waals surface area contributed by atoms with Gasteiger partial charge in [-0.25, -0.2) is 0 Å². The number of benzene rings is 1. The van der Waals surface area contributed by atoms with Gasteiger partial charge >= 0.3 is 0 Å². The van der Waals surface area contributed by atoms with Gasteiger partial charge in [0.25, 0.3) is 0 Å². The van der Waals surface area contributed by atoms with Crippen molar-refractivity contribution >= 4 is 11.6 Å². The average Bonchev–Trinajstić information content (AvgIpc) is 3.06. The topological polar surface area (TPSA) is 75.8 Å². The van der Waals surface area contributed by atoms with Gasteiger partial charge in [0.2, 0.25) is 0 Å². The van der Waals surface area contributed by atoms with Crippen molar-refractivity contribution in [1.82, 2.24) is 25.2 Å². The summed E-state index contributed by atoms with van der Waals surface area (Å²) >= 11 is 0. The Balaban J connectivity index is 1.48. The summed E-state index contributed by atoms with van der Waals surface area (Å²) < 4.78 is 7.85. The number of aromatic nitrogens is 3. The van der Waals surface area contributed by atoms with Gasteiger partial charge in [-0.15, -0.1) is 10.2 Å². The van der Waals surface area contributed by atoms with Crippen molar-refractivity contribution in [3.8, 4) is 5.75 Å². The SMILES string of the molecule is CN=C(NCCOc1c(C)cccc1C)NCc1nnc2ccccn12. The first-order valence-electron chi connectivity index (χ1n) is 8.61. The number of fused-ring (bicyclic) bond motifs is 1. The molecule has 0 radical (unpaired) electrons. The lowest BCUT2D eigenvalue weighted by molar-refractivity contribution is 0.317. The molecule has 0 bridgehead atoms. The van der Waals surface area contributed by atoms with Gasteiger partial charge in [0.1, 0.15) is 12.4 Å². The number of pyridine rings is 1. The number of hydrogen-bond acceptors (Lipinski definition) is 4. The van der Waals surface area contributed by atoms with Crippen molar-refractivity contribution in [3.05, 3.63) is 59.5 Å². The predicted octanol–water partition coefficient (Wildman–Crippen LogP) is 2.09. The zero-order valence-electron chi connectivity index (χ0n) is 15.4. The summed E-state index contributed by atoms with van der Waals surface area (Å²) in [6.07, 6.45) is 1.95. The molecule has 26 heavy (non-hydrogen) atoms. The molecule has 0 saturated heterocycles. The first kappa shape index (κ1) is 17.7. The van der Waals surface area contributed by atoms with Crippen LogP contribution >= 0.6 is 0 Å². The molecule has 0 atom stereocenters. The highest BCUT2D eigenvalue weighted by Gasteiger charge is 2.06. The Bertz CT molecular complexity index is 882. The zero-order chi connectivity index (χ0) is 18.4. The lowest BCUT2D eigenvalue weighted by Crippen LogP contribution is -2.39. The van der Waals surface area contributed by atoms with Gasteiger partial charge in [0, 0.05) is 13.2 Å². The van der Waals surface area contributed by atoms with Crippen LogP contribution in [-0.2, 0) is 6.54 Å². The minimum Gasteiger partial charge on any atom is -0.491 e. The van der Waals surface area contributed by atoms with Gasteiger partial charge in [0.15, 0.2) is 17.4 Å². The summed E-state index contributed by atoms with van der Waals surface area (Å²) in [7, 11) is 1.74. The van der Waals surface area contributed by atoms with Crippen molar-refractivity contribution in [2.75, 3.05) is 20.2 Å². The third-order valence-corrected chi connectivity index (χ3v) is 4.07. The molecule has 0 aliphatic rings. The molecule has 2 N–H and O–H groups in total. The number of aryl methyl sites for hydroxylation is 2. The first-order chi connectivity index (χ1) is 12.7. The Morgan fingerprint density at radius 3 is 2.65 bits per heavy atom. The van der Waals surface area contributed by atoms with Gasteiger partial charge in [0.05, 0.1) is 13.1 Å². The maximum atomic E-state index is 5.90. The largest absolute Gasteiger partial charge is 0.491 e. The minimum atomic E-state index is 0.530. The monoisotopic (exact) mass is 352 g/mol. The molecule has 0 aliphatic heterocycles. The Morgan fingerprint density at radius 1 is 1.08 bits per heavy atom. The fourth-order valence-electron chi connectivity index (χ4n) is 2.74. The summed E-state index contributed by atoms with van der Waals surface area (Å²) in [5.41, 5.74) is 3.12. The lowest BCUT2D eigenvalue weighted by atomic mass is 10.1. The van der Waals surface area contributed by atoms with E-state index in [1.165, 1.54) is 0 Å².